The molecule has 0 unspecified atom stereocenters. The van der Waals surface area contributed by atoms with E-state index >= 15 is 0 Å². The zero-order valence-electron chi connectivity index (χ0n) is 14.4. The SMILES string of the molecule is C[C@@H]1CN(c2cncc(F)c2C(=O)N[C@@H]2CCN(C#N)C2)C[C@H](C)O1. The van der Waals surface area contributed by atoms with Crippen molar-refractivity contribution in [2.75, 3.05) is 31.1 Å². The van der Waals surface area contributed by atoms with E-state index in [4.69, 9.17) is 10.00 Å². The number of halogens is 1. The number of ether oxygens (including phenoxy) is 1. The van der Waals surface area contributed by atoms with Gasteiger partial charge in [-0.15, -0.1) is 0 Å². The van der Waals surface area contributed by atoms with Gasteiger partial charge in [0.15, 0.2) is 12.0 Å². The van der Waals surface area contributed by atoms with Gasteiger partial charge in [0.1, 0.15) is 5.56 Å². The minimum Gasteiger partial charge on any atom is -0.372 e. The van der Waals surface area contributed by atoms with Crippen LogP contribution in [0.25, 0.3) is 0 Å². The Morgan fingerprint density at radius 2 is 2.08 bits per heavy atom. The van der Waals surface area contributed by atoms with E-state index in [-0.39, 0.29) is 23.8 Å². The maximum atomic E-state index is 14.4. The molecule has 0 bridgehead atoms. The number of carbonyl (C=O) groups excluding carboxylic acids is 1. The Morgan fingerprint density at radius 3 is 2.72 bits per heavy atom. The largest absolute Gasteiger partial charge is 0.372 e. The fourth-order valence-corrected chi connectivity index (χ4v) is 3.49. The number of carbonyl (C=O) groups is 1. The molecule has 1 N–H and O–H groups in total. The number of hydrogen-bond acceptors (Lipinski definition) is 6. The lowest BCUT2D eigenvalue weighted by Crippen LogP contribution is -2.46. The zero-order valence-corrected chi connectivity index (χ0v) is 14.4. The van der Waals surface area contributed by atoms with Crippen molar-refractivity contribution in [1.82, 2.24) is 15.2 Å². The minimum absolute atomic E-state index is 0.00621. The number of nitriles is 1. The van der Waals surface area contributed by atoms with E-state index in [0.29, 0.717) is 38.3 Å². The average Bonchev–Trinajstić information content (AvgIpc) is 3.01. The van der Waals surface area contributed by atoms with E-state index in [1.807, 2.05) is 18.7 Å². The van der Waals surface area contributed by atoms with Gasteiger partial charge in [0.2, 0.25) is 0 Å². The molecule has 1 amide bonds. The van der Waals surface area contributed by atoms with Crippen LogP contribution in [0.4, 0.5) is 10.1 Å². The molecule has 2 saturated heterocycles. The summed E-state index contributed by atoms with van der Waals surface area (Å²) in [6, 6.07) is -0.157. The van der Waals surface area contributed by atoms with Crippen LogP contribution in [0, 0.1) is 17.3 Å². The molecule has 0 spiro atoms. The van der Waals surface area contributed by atoms with Gasteiger partial charge in [-0.25, -0.2) is 4.39 Å². The highest BCUT2D eigenvalue weighted by Gasteiger charge is 2.30. The second kappa shape index (κ2) is 7.23. The molecule has 2 fully saturated rings. The zero-order chi connectivity index (χ0) is 18.0. The van der Waals surface area contributed by atoms with Crippen LogP contribution in [-0.4, -0.2) is 60.2 Å². The van der Waals surface area contributed by atoms with Gasteiger partial charge in [-0.05, 0) is 20.3 Å². The second-order valence-corrected chi connectivity index (χ2v) is 6.68. The Labute approximate surface area is 146 Å². The van der Waals surface area contributed by atoms with Gasteiger partial charge in [-0.2, -0.15) is 5.26 Å². The molecule has 2 aliphatic rings. The van der Waals surface area contributed by atoms with Gasteiger partial charge >= 0.3 is 0 Å². The number of morpholine rings is 1. The number of hydrogen-bond donors (Lipinski definition) is 1. The molecule has 0 saturated carbocycles. The molecule has 0 aromatic carbocycles. The van der Waals surface area contributed by atoms with Crippen molar-refractivity contribution in [3.8, 4) is 6.19 Å². The molecule has 1 aromatic rings. The van der Waals surface area contributed by atoms with Gasteiger partial charge in [0, 0.05) is 32.2 Å². The van der Waals surface area contributed by atoms with E-state index in [2.05, 4.69) is 16.5 Å². The van der Waals surface area contributed by atoms with Gasteiger partial charge in [-0.1, -0.05) is 0 Å². The number of amides is 1. The highest BCUT2D eigenvalue weighted by molar-refractivity contribution is 6.00. The summed E-state index contributed by atoms with van der Waals surface area (Å²) in [6.45, 7) is 6.10. The van der Waals surface area contributed by atoms with E-state index < -0.39 is 11.7 Å². The molecular weight excluding hydrogens is 325 g/mol. The molecule has 0 aliphatic carbocycles. The Balaban J connectivity index is 1.81. The highest BCUT2D eigenvalue weighted by Crippen LogP contribution is 2.26. The molecular formula is C17H22FN5O2. The number of nitrogens with one attached hydrogen (secondary N) is 1. The summed E-state index contributed by atoms with van der Waals surface area (Å²) in [6.07, 6.45) is 5.30. The summed E-state index contributed by atoms with van der Waals surface area (Å²) < 4.78 is 20.1. The van der Waals surface area contributed by atoms with Crippen LogP contribution < -0.4 is 10.2 Å². The van der Waals surface area contributed by atoms with Gasteiger partial charge in [0.05, 0.1) is 30.3 Å². The minimum atomic E-state index is -0.642. The molecule has 7 nitrogen and oxygen atoms in total. The summed E-state index contributed by atoms with van der Waals surface area (Å²) in [4.78, 5) is 20.2. The molecule has 1 aromatic heterocycles. The normalized spacial score (nSPS) is 26.4. The van der Waals surface area contributed by atoms with E-state index in [9.17, 15) is 9.18 Å². The summed E-state index contributed by atoms with van der Waals surface area (Å²) in [5, 5.41) is 11.8. The lowest BCUT2D eigenvalue weighted by Gasteiger charge is -2.37. The molecule has 3 rings (SSSR count). The van der Waals surface area contributed by atoms with Gasteiger partial charge in [0.25, 0.3) is 5.91 Å². The van der Waals surface area contributed by atoms with Crippen LogP contribution in [0.3, 0.4) is 0 Å². The Hall–Kier alpha value is -2.40. The van der Waals surface area contributed by atoms with Crippen LogP contribution in [0.5, 0.6) is 0 Å². The highest BCUT2D eigenvalue weighted by atomic mass is 19.1. The molecule has 3 atom stereocenters. The fraction of sp³-hybridized carbons (Fsp3) is 0.588. The first-order chi connectivity index (χ1) is 12.0. The first kappa shape index (κ1) is 17.4. The van der Waals surface area contributed by atoms with Crippen molar-refractivity contribution in [3.63, 3.8) is 0 Å². The predicted octanol–water partition coefficient (Wildman–Crippen LogP) is 1.12. The molecule has 3 heterocycles. The van der Waals surface area contributed by atoms with Crippen molar-refractivity contribution < 1.29 is 13.9 Å². The topological polar surface area (TPSA) is 81.5 Å². The Morgan fingerprint density at radius 1 is 1.36 bits per heavy atom. The summed E-state index contributed by atoms with van der Waals surface area (Å²) in [7, 11) is 0. The molecule has 8 heteroatoms. The van der Waals surface area contributed by atoms with Crippen LogP contribution in [0.1, 0.15) is 30.6 Å². The first-order valence-electron chi connectivity index (χ1n) is 8.47. The van der Waals surface area contributed by atoms with Crippen LogP contribution >= 0.6 is 0 Å². The summed E-state index contributed by atoms with van der Waals surface area (Å²) in [5.41, 5.74) is 0.487. The number of anilines is 1. The Kier molecular flexibility index (Phi) is 5.04. The van der Waals surface area contributed by atoms with Crippen LogP contribution in [0.2, 0.25) is 0 Å². The monoisotopic (exact) mass is 347 g/mol. The van der Waals surface area contributed by atoms with Gasteiger partial charge < -0.3 is 19.9 Å². The molecule has 0 radical (unpaired) electrons. The maximum Gasteiger partial charge on any atom is 0.256 e. The quantitative estimate of drug-likeness (QED) is 0.825. The van der Waals surface area contributed by atoms with E-state index in [1.165, 1.54) is 6.20 Å². The number of pyridine rings is 1. The van der Waals surface area contributed by atoms with Crippen LogP contribution in [-0.2, 0) is 4.74 Å². The third kappa shape index (κ3) is 3.82. The number of nitrogens with zero attached hydrogens (tertiary/aromatic N) is 4. The summed E-state index contributed by atoms with van der Waals surface area (Å²) >= 11 is 0. The van der Waals surface area contributed by atoms with Gasteiger partial charge in [-0.3, -0.25) is 9.78 Å². The standard InChI is InChI=1S/C17H22FN5O2/c1-11-7-23(8-12(2)25-11)15-6-20-5-14(18)16(15)17(24)21-13-3-4-22(9-13)10-19/h5-6,11-13H,3-4,7-9H2,1-2H3,(H,21,24)/t11-,12+,13-/m1/s1. The van der Waals surface area contributed by atoms with Crippen molar-refractivity contribution >= 4 is 11.6 Å². The fourth-order valence-electron chi connectivity index (χ4n) is 3.49. The number of aromatic nitrogens is 1. The second-order valence-electron chi connectivity index (χ2n) is 6.68. The third-order valence-corrected chi connectivity index (χ3v) is 4.53. The van der Waals surface area contributed by atoms with Crippen LogP contribution in [0.15, 0.2) is 12.4 Å². The smallest absolute Gasteiger partial charge is 0.256 e. The van der Waals surface area contributed by atoms with E-state index in [0.717, 1.165) is 6.20 Å². The number of likely N-dealkylation sites (tertiary alicyclic amines) is 1. The Bertz CT molecular complexity index is 682. The first-order valence-corrected chi connectivity index (χ1v) is 8.47. The van der Waals surface area contributed by atoms with Crippen molar-refractivity contribution in [1.29, 1.82) is 5.26 Å². The van der Waals surface area contributed by atoms with E-state index in [1.54, 1.807) is 4.90 Å². The maximum absolute atomic E-state index is 14.4. The number of rotatable bonds is 3. The van der Waals surface area contributed by atoms with Crippen molar-refractivity contribution in [2.45, 2.75) is 38.5 Å². The predicted molar refractivity (Wildman–Crippen MR) is 89.5 cm³/mol. The molecule has 2 aliphatic heterocycles. The lowest BCUT2D eigenvalue weighted by atomic mass is 10.1. The van der Waals surface area contributed by atoms with Crippen molar-refractivity contribution in [2.24, 2.45) is 0 Å². The lowest BCUT2D eigenvalue weighted by molar-refractivity contribution is -0.00531. The molecule has 134 valence electrons. The average molecular weight is 347 g/mol. The molecule has 25 heavy (non-hydrogen) atoms. The van der Waals surface area contributed by atoms with Crippen molar-refractivity contribution in [3.05, 3.63) is 23.8 Å². The summed E-state index contributed by atoms with van der Waals surface area (Å²) in [5.74, 6) is -1.11. The third-order valence-electron chi connectivity index (χ3n) is 4.53.